The van der Waals surface area contributed by atoms with E-state index in [1.54, 1.807) is 11.4 Å². The van der Waals surface area contributed by atoms with Crippen molar-refractivity contribution in [2.45, 2.75) is 41.6 Å². The molecule has 2 heterocycles. The van der Waals surface area contributed by atoms with Gasteiger partial charge in [-0.2, -0.15) is 0 Å². The molecule has 1 aliphatic rings. The molecule has 1 fully saturated rings. The van der Waals surface area contributed by atoms with E-state index in [2.05, 4.69) is 15.7 Å². The third-order valence-electron chi connectivity index (χ3n) is 4.67. The lowest BCUT2D eigenvalue weighted by Crippen LogP contribution is -2.62. The van der Waals surface area contributed by atoms with Crippen molar-refractivity contribution in [1.29, 1.82) is 0 Å². The molecule has 3 unspecified atom stereocenters. The van der Waals surface area contributed by atoms with Gasteiger partial charge in [0, 0.05) is 21.5 Å². The third-order valence-corrected chi connectivity index (χ3v) is 6.89. The van der Waals surface area contributed by atoms with Gasteiger partial charge < -0.3 is 35.8 Å². The highest BCUT2D eigenvalue weighted by atomic mass is 35.5. The number of nitrogens with two attached hydrogens (primary N) is 1. The first-order chi connectivity index (χ1) is 14.3. The van der Waals surface area contributed by atoms with Crippen LogP contribution in [0.2, 0.25) is 5.02 Å². The molecule has 0 aliphatic carbocycles. The molecule has 1 saturated heterocycles. The predicted octanol–water partition coefficient (Wildman–Crippen LogP) is 0.349. The summed E-state index contributed by atoms with van der Waals surface area (Å²) in [5.41, 5.74) is 3.42. The Balaban J connectivity index is 1.80. The number of aliphatic hydroxyl groups is 3. The van der Waals surface area contributed by atoms with Crippen LogP contribution in [0.25, 0.3) is 5.70 Å². The van der Waals surface area contributed by atoms with E-state index in [4.69, 9.17) is 22.2 Å². The van der Waals surface area contributed by atoms with Crippen molar-refractivity contribution in [3.05, 3.63) is 55.7 Å². The van der Waals surface area contributed by atoms with Crippen LogP contribution < -0.4 is 21.5 Å². The van der Waals surface area contributed by atoms with Gasteiger partial charge in [-0.15, -0.1) is 0 Å². The molecule has 164 valence electrons. The fraction of sp³-hybridized carbons (Fsp3) is 0.389. The minimum atomic E-state index is -1.19. The van der Waals surface area contributed by atoms with E-state index in [0.29, 0.717) is 16.4 Å². The van der Waals surface area contributed by atoms with E-state index >= 15 is 0 Å². The van der Waals surface area contributed by atoms with Crippen LogP contribution in [0, 0.1) is 6.92 Å². The molecule has 0 saturated carbocycles. The fourth-order valence-electron chi connectivity index (χ4n) is 2.95. The Kier molecular flexibility index (Phi) is 7.82. The number of H-pyrrole nitrogens is 1. The summed E-state index contributed by atoms with van der Waals surface area (Å²) in [6.45, 7) is 1.46. The molecule has 5 atom stereocenters. The van der Waals surface area contributed by atoms with Crippen LogP contribution in [-0.4, -0.2) is 56.7 Å². The van der Waals surface area contributed by atoms with Crippen molar-refractivity contribution in [3.8, 4) is 0 Å². The third kappa shape index (κ3) is 5.18. The van der Waals surface area contributed by atoms with Gasteiger partial charge in [-0.05, 0) is 24.6 Å². The number of aryl methyl sites for hydroxylation is 1. The number of thiazole rings is 1. The predicted molar refractivity (Wildman–Crippen MR) is 117 cm³/mol. The Morgan fingerprint density at radius 2 is 2.20 bits per heavy atom. The van der Waals surface area contributed by atoms with E-state index in [1.807, 2.05) is 19.1 Å². The summed E-state index contributed by atoms with van der Waals surface area (Å²) in [5.74, 6) is 5.53. The van der Waals surface area contributed by atoms with Gasteiger partial charge >= 0.3 is 4.87 Å². The summed E-state index contributed by atoms with van der Waals surface area (Å²) < 4.78 is 5.71. The number of hydrazine groups is 1. The first-order valence-electron chi connectivity index (χ1n) is 9.00. The van der Waals surface area contributed by atoms with Crippen LogP contribution in [-0.2, 0) is 4.74 Å². The summed E-state index contributed by atoms with van der Waals surface area (Å²) in [5, 5.41) is 36.1. The maximum atomic E-state index is 11.4. The zero-order valence-corrected chi connectivity index (χ0v) is 18.3. The molecule has 1 aromatic heterocycles. The number of aromatic amines is 1. The number of rotatable bonds is 7. The Bertz CT molecular complexity index is 953. The van der Waals surface area contributed by atoms with Gasteiger partial charge in [0.15, 0.2) is 0 Å². The molecule has 0 bridgehead atoms. The molecule has 0 spiro atoms. The van der Waals surface area contributed by atoms with Gasteiger partial charge in [0.25, 0.3) is 0 Å². The van der Waals surface area contributed by atoms with Crippen LogP contribution in [0.3, 0.4) is 0 Å². The van der Waals surface area contributed by atoms with E-state index < -0.39 is 36.4 Å². The number of benzene rings is 1. The summed E-state index contributed by atoms with van der Waals surface area (Å²) in [6, 6.07) is 4.61. The zero-order chi connectivity index (χ0) is 21.8. The minimum Gasteiger partial charge on any atom is -0.394 e. The number of thioether (sulfide) groups is 1. The lowest BCUT2D eigenvalue weighted by Gasteiger charge is -2.42. The summed E-state index contributed by atoms with van der Waals surface area (Å²) in [7, 11) is 0. The number of hydrogen-bond acceptors (Lipinski definition) is 10. The number of hydrogen-bond donors (Lipinski definition) is 7. The van der Waals surface area contributed by atoms with Crippen LogP contribution in [0.1, 0.15) is 11.3 Å². The average molecular weight is 475 g/mol. The summed E-state index contributed by atoms with van der Waals surface area (Å²) in [6.07, 6.45) is -1.79. The second kappa shape index (κ2) is 10.2. The number of aromatic nitrogens is 1. The number of nitrogens with one attached hydrogen (secondary N) is 3. The van der Waals surface area contributed by atoms with Gasteiger partial charge in [-0.1, -0.05) is 40.8 Å². The highest BCUT2D eigenvalue weighted by Gasteiger charge is 2.44. The second-order valence-electron chi connectivity index (χ2n) is 6.69. The Labute approximate surface area is 185 Å². The van der Waals surface area contributed by atoms with E-state index in [1.165, 1.54) is 18.0 Å². The maximum Gasteiger partial charge on any atom is 0.304 e. The van der Waals surface area contributed by atoms with Crippen molar-refractivity contribution in [3.63, 3.8) is 0 Å². The van der Waals surface area contributed by atoms with Crippen molar-refractivity contribution < 1.29 is 20.1 Å². The van der Waals surface area contributed by atoms with Gasteiger partial charge in [-0.25, -0.2) is 0 Å². The lowest BCUT2D eigenvalue weighted by molar-refractivity contribution is -0.164. The maximum absolute atomic E-state index is 11.4. The average Bonchev–Trinajstić information content (AvgIpc) is 3.15. The molecule has 8 N–H and O–H groups in total. The Morgan fingerprint density at radius 3 is 2.80 bits per heavy atom. The van der Waals surface area contributed by atoms with Crippen LogP contribution in [0.15, 0.2) is 39.5 Å². The number of halogens is 1. The topological polar surface area (TPSA) is 153 Å². The highest BCUT2D eigenvalue weighted by Crippen LogP contribution is 2.35. The van der Waals surface area contributed by atoms with Crippen molar-refractivity contribution >= 4 is 40.4 Å². The van der Waals surface area contributed by atoms with Crippen LogP contribution in [0.5, 0.6) is 0 Å². The van der Waals surface area contributed by atoms with Crippen molar-refractivity contribution in [2.24, 2.45) is 5.84 Å². The largest absolute Gasteiger partial charge is 0.394 e. The number of ether oxygens (including phenoxy) is 1. The second-order valence-corrected chi connectivity index (χ2v) is 9.11. The molecule has 1 aromatic carbocycles. The number of aliphatic hydroxyl groups excluding tert-OH is 3. The normalized spacial score (nSPS) is 27.1. The van der Waals surface area contributed by atoms with Gasteiger partial charge in [-0.3, -0.25) is 10.6 Å². The van der Waals surface area contributed by atoms with Crippen molar-refractivity contribution in [2.75, 3.05) is 6.61 Å². The summed E-state index contributed by atoms with van der Waals surface area (Å²) >= 11 is 8.39. The van der Waals surface area contributed by atoms with Crippen LogP contribution in [0.4, 0.5) is 0 Å². The lowest BCUT2D eigenvalue weighted by atomic mass is 9.97. The van der Waals surface area contributed by atoms with Gasteiger partial charge in [0.05, 0.1) is 24.0 Å². The van der Waals surface area contributed by atoms with Crippen molar-refractivity contribution in [1.82, 2.24) is 15.7 Å². The Morgan fingerprint density at radius 1 is 1.43 bits per heavy atom. The van der Waals surface area contributed by atoms with Gasteiger partial charge in [0.2, 0.25) is 0 Å². The monoisotopic (exact) mass is 474 g/mol. The first-order valence-corrected chi connectivity index (χ1v) is 11.1. The smallest absolute Gasteiger partial charge is 0.304 e. The minimum absolute atomic E-state index is 0.245. The summed E-state index contributed by atoms with van der Waals surface area (Å²) in [4.78, 5) is 14.5. The molecule has 2 aromatic rings. The van der Waals surface area contributed by atoms with E-state index in [-0.39, 0.29) is 4.87 Å². The Hall–Kier alpha value is -1.57. The molecule has 12 heteroatoms. The molecule has 0 radical (unpaired) electrons. The van der Waals surface area contributed by atoms with Gasteiger partial charge in [0.1, 0.15) is 23.7 Å². The quantitative estimate of drug-likeness (QED) is 0.222. The molecule has 0 amide bonds. The molecule has 3 rings (SSSR count). The van der Waals surface area contributed by atoms with E-state index in [0.717, 1.165) is 21.8 Å². The standard InChI is InChI=1S/C18H23ClN4O5S2/c1-8-2-3-9(4-10(8)19)30-17-16(26)14(15(25)13(6-24)28-17)21-5-11(23-20)12-7-29-18(27)22-12/h2-5,7,13-17,21,23-26H,6,20H2,1H3,(H,22,27)/b11-5-/t13?,14?,15-,16?,17+/m0/s1. The van der Waals surface area contributed by atoms with E-state index in [9.17, 15) is 20.1 Å². The molecule has 1 aliphatic heterocycles. The fourth-order valence-corrected chi connectivity index (χ4v) is 4.88. The highest BCUT2D eigenvalue weighted by molar-refractivity contribution is 7.99. The molecule has 30 heavy (non-hydrogen) atoms. The molecule has 9 nitrogen and oxygen atoms in total. The zero-order valence-electron chi connectivity index (χ0n) is 15.9. The molecular formula is C18H23ClN4O5S2. The molecular weight excluding hydrogens is 452 g/mol. The van der Waals surface area contributed by atoms with Crippen LogP contribution >= 0.6 is 34.7 Å². The SMILES string of the molecule is Cc1ccc(S[C@H]2OC(CO)[C@H](O)C(N/C=C(\NN)c3csc(=O)[nH]3)C2O)cc1Cl. The first kappa shape index (κ1) is 23.1.